The SMILES string of the molecule is CCC(C(=O)NC1CCCCC1)N(Cc1ccccc1C)C(=O)Cc1cc(C)ccc1C. The summed E-state index contributed by atoms with van der Waals surface area (Å²) in [6.45, 7) is 8.60. The number of nitrogens with zero attached hydrogens (tertiary/aromatic N) is 1. The second kappa shape index (κ2) is 11.3. The van der Waals surface area contributed by atoms with Crippen LogP contribution in [0, 0.1) is 20.8 Å². The van der Waals surface area contributed by atoms with Crippen LogP contribution in [0.2, 0.25) is 0 Å². The van der Waals surface area contributed by atoms with Crippen LogP contribution in [0.15, 0.2) is 42.5 Å². The summed E-state index contributed by atoms with van der Waals surface area (Å²) in [4.78, 5) is 28.8. The maximum Gasteiger partial charge on any atom is 0.243 e. The largest absolute Gasteiger partial charge is 0.352 e. The van der Waals surface area contributed by atoms with Gasteiger partial charge in [0.1, 0.15) is 6.04 Å². The van der Waals surface area contributed by atoms with E-state index in [1.54, 1.807) is 0 Å². The van der Waals surface area contributed by atoms with E-state index in [1.165, 1.54) is 19.3 Å². The lowest BCUT2D eigenvalue weighted by Crippen LogP contribution is -2.52. The highest BCUT2D eigenvalue weighted by Gasteiger charge is 2.30. The van der Waals surface area contributed by atoms with Gasteiger partial charge in [0, 0.05) is 12.6 Å². The van der Waals surface area contributed by atoms with Gasteiger partial charge >= 0.3 is 0 Å². The standard InChI is InChI=1S/C28H38N2O2/c1-5-26(28(32)29-25-13-7-6-8-14-25)30(19-23-12-10-9-11-21(23)3)27(31)18-24-17-20(2)15-16-22(24)4/h9-12,15-17,25-26H,5-8,13-14,18-19H2,1-4H3,(H,29,32). The number of aryl methyl sites for hydroxylation is 3. The van der Waals surface area contributed by atoms with Crippen molar-refractivity contribution in [3.63, 3.8) is 0 Å². The van der Waals surface area contributed by atoms with Crippen molar-refractivity contribution in [3.05, 3.63) is 70.3 Å². The number of hydrogen-bond donors (Lipinski definition) is 1. The maximum atomic E-state index is 13.6. The first kappa shape index (κ1) is 24.0. The molecular weight excluding hydrogens is 396 g/mol. The molecule has 1 aliphatic rings. The minimum atomic E-state index is -0.464. The van der Waals surface area contributed by atoms with Crippen LogP contribution in [0.5, 0.6) is 0 Å². The van der Waals surface area contributed by atoms with Crippen molar-refractivity contribution in [3.8, 4) is 0 Å². The third kappa shape index (κ3) is 6.21. The number of benzene rings is 2. The Morgan fingerprint density at radius 1 is 0.969 bits per heavy atom. The van der Waals surface area contributed by atoms with Gasteiger partial charge in [0.15, 0.2) is 0 Å². The molecule has 2 aromatic carbocycles. The summed E-state index contributed by atoms with van der Waals surface area (Å²) in [5, 5.41) is 3.26. The summed E-state index contributed by atoms with van der Waals surface area (Å²) in [6.07, 6.45) is 6.57. The van der Waals surface area contributed by atoms with Gasteiger partial charge in [-0.3, -0.25) is 9.59 Å². The van der Waals surface area contributed by atoms with E-state index in [-0.39, 0.29) is 17.9 Å². The third-order valence-electron chi connectivity index (χ3n) is 6.79. The van der Waals surface area contributed by atoms with E-state index in [0.29, 0.717) is 19.4 Å². The molecule has 0 aromatic heterocycles. The first-order valence-electron chi connectivity index (χ1n) is 12.1. The van der Waals surface area contributed by atoms with Crippen molar-refractivity contribution in [2.75, 3.05) is 0 Å². The molecule has 1 aliphatic carbocycles. The van der Waals surface area contributed by atoms with Crippen LogP contribution in [0.1, 0.15) is 73.3 Å². The molecule has 0 heterocycles. The fourth-order valence-corrected chi connectivity index (χ4v) is 4.69. The molecule has 32 heavy (non-hydrogen) atoms. The van der Waals surface area contributed by atoms with Gasteiger partial charge in [-0.05, 0) is 62.3 Å². The zero-order valence-electron chi connectivity index (χ0n) is 20.1. The Kier molecular flexibility index (Phi) is 8.49. The van der Waals surface area contributed by atoms with E-state index in [1.807, 2.05) is 37.8 Å². The molecule has 0 spiro atoms. The minimum Gasteiger partial charge on any atom is -0.352 e. The van der Waals surface area contributed by atoms with Gasteiger partial charge in [-0.15, -0.1) is 0 Å². The summed E-state index contributed by atoms with van der Waals surface area (Å²) < 4.78 is 0. The first-order chi connectivity index (χ1) is 15.4. The summed E-state index contributed by atoms with van der Waals surface area (Å²) in [5.41, 5.74) is 5.52. The average molecular weight is 435 g/mol. The van der Waals surface area contributed by atoms with Crippen LogP contribution in [-0.2, 0) is 22.6 Å². The van der Waals surface area contributed by atoms with Crippen LogP contribution in [-0.4, -0.2) is 28.8 Å². The Morgan fingerprint density at radius 3 is 2.34 bits per heavy atom. The lowest BCUT2D eigenvalue weighted by molar-refractivity contribution is -0.141. The number of carbonyl (C=O) groups excluding carboxylic acids is 2. The minimum absolute atomic E-state index is 0.00703. The van der Waals surface area contributed by atoms with Gasteiger partial charge in [-0.25, -0.2) is 0 Å². The molecule has 172 valence electrons. The van der Waals surface area contributed by atoms with Crippen molar-refractivity contribution in [1.82, 2.24) is 10.2 Å². The molecule has 2 amide bonds. The average Bonchev–Trinajstić information content (AvgIpc) is 2.78. The van der Waals surface area contributed by atoms with E-state index in [9.17, 15) is 9.59 Å². The van der Waals surface area contributed by atoms with E-state index in [0.717, 1.165) is 40.7 Å². The van der Waals surface area contributed by atoms with Crippen LogP contribution < -0.4 is 5.32 Å². The van der Waals surface area contributed by atoms with Crippen molar-refractivity contribution >= 4 is 11.8 Å². The molecule has 1 unspecified atom stereocenters. The lowest BCUT2D eigenvalue weighted by Gasteiger charge is -2.33. The van der Waals surface area contributed by atoms with E-state index < -0.39 is 6.04 Å². The molecule has 1 N–H and O–H groups in total. The van der Waals surface area contributed by atoms with Gasteiger partial charge in [0.25, 0.3) is 0 Å². The molecule has 2 aromatic rings. The predicted molar refractivity (Wildman–Crippen MR) is 130 cm³/mol. The molecule has 4 heteroatoms. The number of amides is 2. The predicted octanol–water partition coefficient (Wildman–Crippen LogP) is 5.41. The van der Waals surface area contributed by atoms with Gasteiger partial charge < -0.3 is 10.2 Å². The highest BCUT2D eigenvalue weighted by Crippen LogP contribution is 2.21. The Labute approximate surface area is 193 Å². The molecule has 1 fully saturated rings. The quantitative estimate of drug-likeness (QED) is 0.604. The van der Waals surface area contributed by atoms with Crippen molar-refractivity contribution in [2.45, 2.75) is 91.3 Å². The highest BCUT2D eigenvalue weighted by atomic mass is 16.2. The summed E-state index contributed by atoms with van der Waals surface area (Å²) in [6, 6.07) is 14.1. The Hall–Kier alpha value is -2.62. The smallest absolute Gasteiger partial charge is 0.243 e. The van der Waals surface area contributed by atoms with E-state index in [4.69, 9.17) is 0 Å². The first-order valence-corrected chi connectivity index (χ1v) is 12.1. The van der Waals surface area contributed by atoms with Crippen LogP contribution in [0.3, 0.4) is 0 Å². The number of rotatable bonds is 8. The number of nitrogens with one attached hydrogen (secondary N) is 1. The maximum absolute atomic E-state index is 13.6. The second-order valence-electron chi connectivity index (χ2n) is 9.32. The Bertz CT molecular complexity index is 931. The molecular formula is C28H38N2O2. The summed E-state index contributed by atoms with van der Waals surface area (Å²) in [7, 11) is 0. The Morgan fingerprint density at radius 2 is 1.66 bits per heavy atom. The molecule has 0 bridgehead atoms. The number of hydrogen-bond acceptors (Lipinski definition) is 2. The van der Waals surface area contributed by atoms with Gasteiger partial charge in [-0.2, -0.15) is 0 Å². The van der Waals surface area contributed by atoms with Gasteiger partial charge in [0.2, 0.25) is 11.8 Å². The van der Waals surface area contributed by atoms with Crippen molar-refractivity contribution < 1.29 is 9.59 Å². The molecule has 3 rings (SSSR count). The van der Waals surface area contributed by atoms with Crippen LogP contribution >= 0.6 is 0 Å². The van der Waals surface area contributed by atoms with E-state index in [2.05, 4.69) is 42.6 Å². The topological polar surface area (TPSA) is 49.4 Å². The zero-order chi connectivity index (χ0) is 23.1. The second-order valence-corrected chi connectivity index (χ2v) is 9.32. The fraction of sp³-hybridized carbons (Fsp3) is 0.500. The highest BCUT2D eigenvalue weighted by molar-refractivity contribution is 5.88. The molecule has 1 atom stereocenters. The molecule has 0 saturated heterocycles. The molecule has 4 nitrogen and oxygen atoms in total. The van der Waals surface area contributed by atoms with E-state index >= 15 is 0 Å². The Balaban J connectivity index is 1.85. The molecule has 0 aliphatic heterocycles. The molecule has 0 radical (unpaired) electrons. The van der Waals surface area contributed by atoms with Gasteiger partial charge in [-0.1, -0.05) is 74.2 Å². The molecule has 1 saturated carbocycles. The summed E-state index contributed by atoms with van der Waals surface area (Å²) in [5.74, 6) is -0.00473. The number of carbonyl (C=O) groups is 2. The zero-order valence-corrected chi connectivity index (χ0v) is 20.1. The lowest BCUT2D eigenvalue weighted by atomic mass is 9.95. The summed E-state index contributed by atoms with van der Waals surface area (Å²) >= 11 is 0. The van der Waals surface area contributed by atoms with Crippen LogP contribution in [0.4, 0.5) is 0 Å². The van der Waals surface area contributed by atoms with Gasteiger partial charge in [0.05, 0.1) is 6.42 Å². The monoisotopic (exact) mass is 434 g/mol. The van der Waals surface area contributed by atoms with Crippen LogP contribution in [0.25, 0.3) is 0 Å². The fourth-order valence-electron chi connectivity index (χ4n) is 4.69. The van der Waals surface area contributed by atoms with Crippen molar-refractivity contribution in [2.24, 2.45) is 0 Å². The third-order valence-corrected chi connectivity index (χ3v) is 6.79. The normalized spacial score (nSPS) is 15.2. The van der Waals surface area contributed by atoms with Crippen molar-refractivity contribution in [1.29, 1.82) is 0 Å².